The highest BCUT2D eigenvalue weighted by Crippen LogP contribution is 2.20. The van der Waals surface area contributed by atoms with E-state index in [0.29, 0.717) is 12.1 Å². The SMILES string of the molecule is CCN1Cc2cccc(c2)CN(C(C)C)Cc2cccc(c2)CN(C(C)C)Cc2cccc(c2)C1. The van der Waals surface area contributed by atoms with Gasteiger partial charge in [-0.2, -0.15) is 0 Å². The summed E-state index contributed by atoms with van der Waals surface area (Å²) in [7, 11) is 0. The average molecular weight is 470 g/mol. The second kappa shape index (κ2) is 12.0. The van der Waals surface area contributed by atoms with E-state index >= 15 is 0 Å². The van der Waals surface area contributed by atoms with Gasteiger partial charge in [-0.25, -0.2) is 0 Å². The Morgan fingerprint density at radius 2 is 0.800 bits per heavy atom. The van der Waals surface area contributed by atoms with E-state index in [-0.39, 0.29) is 0 Å². The topological polar surface area (TPSA) is 9.72 Å². The lowest BCUT2D eigenvalue weighted by molar-refractivity contribution is 0.200. The number of nitrogens with zero attached hydrogens (tertiary/aromatic N) is 3. The molecule has 0 aromatic heterocycles. The lowest BCUT2D eigenvalue weighted by atomic mass is 10.0. The predicted octanol–water partition coefficient (Wildman–Crippen LogP) is 6.84. The zero-order valence-electron chi connectivity index (χ0n) is 22.4. The molecule has 4 rings (SSSR count). The maximum absolute atomic E-state index is 2.59. The normalized spacial score (nSPS) is 16.9. The molecule has 3 heteroatoms. The minimum absolute atomic E-state index is 0.484. The Morgan fingerprint density at radius 1 is 0.514 bits per heavy atom. The van der Waals surface area contributed by atoms with E-state index in [9.17, 15) is 0 Å². The molecule has 6 bridgehead atoms. The largest absolute Gasteiger partial charge is 0.295 e. The summed E-state index contributed by atoms with van der Waals surface area (Å²) in [6.45, 7) is 18.4. The highest BCUT2D eigenvalue weighted by atomic mass is 15.2. The predicted molar refractivity (Wildman–Crippen MR) is 148 cm³/mol. The number of rotatable bonds is 3. The van der Waals surface area contributed by atoms with Gasteiger partial charge in [0.1, 0.15) is 0 Å². The second-order valence-corrected chi connectivity index (χ2v) is 10.8. The summed E-state index contributed by atoms with van der Waals surface area (Å²) in [5, 5.41) is 0. The molecule has 1 aliphatic heterocycles. The zero-order valence-corrected chi connectivity index (χ0v) is 22.4. The first kappa shape index (κ1) is 25.6. The van der Waals surface area contributed by atoms with Crippen LogP contribution in [0.4, 0.5) is 0 Å². The van der Waals surface area contributed by atoms with Gasteiger partial charge in [0.05, 0.1) is 0 Å². The molecular weight excluding hydrogens is 426 g/mol. The van der Waals surface area contributed by atoms with E-state index in [4.69, 9.17) is 0 Å². The first-order valence-electron chi connectivity index (χ1n) is 13.3. The Morgan fingerprint density at radius 3 is 1.06 bits per heavy atom. The van der Waals surface area contributed by atoms with Crippen LogP contribution in [-0.2, 0) is 39.3 Å². The standard InChI is InChI=1S/C32H43N3/c1-6-33-19-27-10-7-12-29(16-27)21-34(25(2)3)23-31-14-9-15-32(18-31)24-35(26(4)5)22-30-13-8-11-28(17-30)20-33/h7-18,25-26H,6,19-24H2,1-5H3. The first-order chi connectivity index (χ1) is 16.9. The fraction of sp³-hybridized carbons (Fsp3) is 0.438. The summed E-state index contributed by atoms with van der Waals surface area (Å²) in [5.74, 6) is 0. The minimum atomic E-state index is 0.484. The third-order valence-corrected chi connectivity index (χ3v) is 7.24. The molecule has 0 aliphatic carbocycles. The molecule has 1 heterocycles. The van der Waals surface area contributed by atoms with Crippen molar-refractivity contribution < 1.29 is 0 Å². The van der Waals surface area contributed by atoms with E-state index in [1.807, 2.05) is 0 Å². The Kier molecular flexibility index (Phi) is 8.78. The molecule has 0 N–H and O–H groups in total. The summed E-state index contributed by atoms with van der Waals surface area (Å²) in [6.07, 6.45) is 0. The Hall–Kier alpha value is -2.46. The fourth-order valence-corrected chi connectivity index (χ4v) is 5.06. The van der Waals surface area contributed by atoms with Crippen LogP contribution in [0.1, 0.15) is 68.0 Å². The van der Waals surface area contributed by atoms with E-state index in [2.05, 4.69) is 122 Å². The molecule has 0 saturated heterocycles. The summed E-state index contributed by atoms with van der Waals surface area (Å²) >= 11 is 0. The average Bonchev–Trinajstić information content (AvgIpc) is 2.83. The van der Waals surface area contributed by atoms with Crippen LogP contribution in [-0.4, -0.2) is 33.3 Å². The van der Waals surface area contributed by atoms with Gasteiger partial charge in [0.15, 0.2) is 0 Å². The molecule has 3 aromatic rings. The van der Waals surface area contributed by atoms with Crippen molar-refractivity contribution in [1.29, 1.82) is 0 Å². The van der Waals surface area contributed by atoms with Crippen molar-refractivity contribution in [1.82, 2.24) is 14.7 Å². The molecular formula is C32H43N3. The van der Waals surface area contributed by atoms with Crippen molar-refractivity contribution in [2.45, 2.75) is 86.0 Å². The molecule has 186 valence electrons. The van der Waals surface area contributed by atoms with Crippen LogP contribution in [0.25, 0.3) is 0 Å². The van der Waals surface area contributed by atoms with Gasteiger partial charge in [0.2, 0.25) is 0 Å². The molecule has 0 radical (unpaired) electrons. The fourth-order valence-electron chi connectivity index (χ4n) is 5.06. The Balaban J connectivity index is 1.71. The molecule has 0 atom stereocenters. The monoisotopic (exact) mass is 469 g/mol. The van der Waals surface area contributed by atoms with Crippen molar-refractivity contribution in [3.63, 3.8) is 0 Å². The summed E-state index contributed by atoms with van der Waals surface area (Å²) < 4.78 is 0. The minimum Gasteiger partial charge on any atom is -0.295 e. The summed E-state index contributed by atoms with van der Waals surface area (Å²) in [4.78, 5) is 7.72. The molecule has 0 unspecified atom stereocenters. The second-order valence-electron chi connectivity index (χ2n) is 10.8. The first-order valence-corrected chi connectivity index (χ1v) is 13.3. The van der Waals surface area contributed by atoms with Crippen molar-refractivity contribution in [2.75, 3.05) is 6.54 Å². The van der Waals surface area contributed by atoms with Crippen LogP contribution in [0.3, 0.4) is 0 Å². The molecule has 35 heavy (non-hydrogen) atoms. The summed E-state index contributed by atoms with van der Waals surface area (Å²) in [5.41, 5.74) is 8.40. The van der Waals surface area contributed by atoms with Gasteiger partial charge in [0, 0.05) is 51.4 Å². The molecule has 0 spiro atoms. The molecule has 0 amide bonds. The third-order valence-electron chi connectivity index (χ3n) is 7.24. The number of hydrogen-bond acceptors (Lipinski definition) is 3. The van der Waals surface area contributed by atoms with Gasteiger partial charge in [-0.15, -0.1) is 0 Å². The third kappa shape index (κ3) is 7.27. The van der Waals surface area contributed by atoms with E-state index in [1.54, 1.807) is 0 Å². The zero-order chi connectivity index (χ0) is 24.8. The van der Waals surface area contributed by atoms with Crippen molar-refractivity contribution in [3.8, 4) is 0 Å². The van der Waals surface area contributed by atoms with Crippen LogP contribution in [0, 0.1) is 0 Å². The van der Waals surface area contributed by atoms with E-state index in [0.717, 1.165) is 45.8 Å². The van der Waals surface area contributed by atoms with Gasteiger partial charge in [-0.3, -0.25) is 14.7 Å². The maximum atomic E-state index is 2.59. The number of benzene rings is 3. The molecule has 3 aromatic carbocycles. The van der Waals surface area contributed by atoms with Crippen molar-refractivity contribution in [2.24, 2.45) is 0 Å². The van der Waals surface area contributed by atoms with Crippen LogP contribution < -0.4 is 0 Å². The van der Waals surface area contributed by atoms with Crippen LogP contribution >= 0.6 is 0 Å². The van der Waals surface area contributed by atoms with Gasteiger partial charge < -0.3 is 0 Å². The molecule has 3 nitrogen and oxygen atoms in total. The van der Waals surface area contributed by atoms with Gasteiger partial charge in [0.25, 0.3) is 0 Å². The molecule has 0 fully saturated rings. The van der Waals surface area contributed by atoms with E-state index in [1.165, 1.54) is 33.4 Å². The van der Waals surface area contributed by atoms with E-state index < -0.39 is 0 Å². The highest BCUT2D eigenvalue weighted by molar-refractivity contribution is 5.27. The Labute approximate surface area is 213 Å². The highest BCUT2D eigenvalue weighted by Gasteiger charge is 2.16. The summed E-state index contributed by atoms with van der Waals surface area (Å²) in [6, 6.07) is 28.6. The van der Waals surface area contributed by atoms with Crippen LogP contribution in [0.5, 0.6) is 0 Å². The number of fused-ring (bicyclic) bond motifs is 6. The lowest BCUT2D eigenvalue weighted by Crippen LogP contribution is -2.31. The Bertz CT molecular complexity index is 1010. The number of hydrogen-bond donors (Lipinski definition) is 0. The smallest absolute Gasteiger partial charge is 0.0240 e. The molecule has 0 saturated carbocycles. The van der Waals surface area contributed by atoms with Gasteiger partial charge >= 0.3 is 0 Å². The van der Waals surface area contributed by atoms with Crippen molar-refractivity contribution >= 4 is 0 Å². The molecule has 1 aliphatic rings. The van der Waals surface area contributed by atoms with Gasteiger partial charge in [-0.05, 0) is 67.6 Å². The van der Waals surface area contributed by atoms with Crippen LogP contribution in [0.2, 0.25) is 0 Å². The lowest BCUT2D eigenvalue weighted by Gasteiger charge is -2.29. The van der Waals surface area contributed by atoms with Crippen LogP contribution in [0.15, 0.2) is 72.8 Å². The maximum Gasteiger partial charge on any atom is 0.0240 e. The quantitative estimate of drug-likeness (QED) is 0.416. The van der Waals surface area contributed by atoms with Gasteiger partial charge in [-0.1, -0.05) is 79.7 Å². The van der Waals surface area contributed by atoms with Crippen molar-refractivity contribution in [3.05, 3.63) is 106 Å².